The number of hydrogen-bond donors (Lipinski definition) is 3. The molecule has 0 radical (unpaired) electrons. The first-order chi connectivity index (χ1) is 16.9. The molecule has 2 heterocycles. The summed E-state index contributed by atoms with van der Waals surface area (Å²) in [5.41, 5.74) is 3.09. The van der Waals surface area contributed by atoms with Gasteiger partial charge in [0.2, 0.25) is 5.91 Å². The van der Waals surface area contributed by atoms with Crippen molar-refractivity contribution in [3.05, 3.63) is 54.0 Å². The monoisotopic (exact) mass is 477 g/mol. The van der Waals surface area contributed by atoms with Crippen LogP contribution in [0.4, 0.5) is 17.2 Å². The van der Waals surface area contributed by atoms with Gasteiger partial charge in [0.15, 0.2) is 5.82 Å². The average molecular weight is 478 g/mol. The van der Waals surface area contributed by atoms with Gasteiger partial charge in [0.25, 0.3) is 0 Å². The first-order valence-corrected chi connectivity index (χ1v) is 11.3. The van der Waals surface area contributed by atoms with Crippen LogP contribution < -0.4 is 15.4 Å². The summed E-state index contributed by atoms with van der Waals surface area (Å²) in [6.45, 7) is 3.21. The van der Waals surface area contributed by atoms with E-state index in [2.05, 4.69) is 25.8 Å². The zero-order valence-corrected chi connectivity index (χ0v) is 19.7. The minimum atomic E-state index is -0.486. The first-order valence-electron chi connectivity index (χ1n) is 11.3. The molecular weight excluding hydrogens is 450 g/mol. The molecule has 1 aliphatic rings. The molecule has 0 aliphatic heterocycles. The van der Waals surface area contributed by atoms with Gasteiger partial charge >= 0.3 is 5.97 Å². The molecule has 10 heteroatoms. The highest BCUT2D eigenvalue weighted by molar-refractivity contribution is 5.93. The highest BCUT2D eigenvalue weighted by Crippen LogP contribution is 2.38. The molecule has 3 N–H and O–H groups in total. The Hall–Kier alpha value is -4.05. The maximum Gasteiger partial charge on any atom is 0.357 e. The molecule has 182 valence electrons. The van der Waals surface area contributed by atoms with Crippen molar-refractivity contribution in [2.75, 3.05) is 17.7 Å². The average Bonchev–Trinajstić information content (AvgIpc) is 3.70. The number of rotatable bonds is 9. The number of aromatic nitrogens is 3. The summed E-state index contributed by atoms with van der Waals surface area (Å²) in [7, 11) is 1.55. The van der Waals surface area contributed by atoms with Gasteiger partial charge in [0, 0.05) is 29.3 Å². The van der Waals surface area contributed by atoms with E-state index in [-0.39, 0.29) is 30.2 Å². The standard InChI is InChI=1S/C25H27N5O5/c1-14(2)35-25(33)19-10-9-16(12-26-19)17-5-4-6-18(23(17)34-3)27-20-11-22(30-29-21(20)13-31)28-24(32)15-7-8-15/h4-6,9-12,14-15,31H,7-8,13H2,1-3H3,(H2,27,28,30,32). The van der Waals surface area contributed by atoms with Gasteiger partial charge in [-0.25, -0.2) is 9.78 Å². The van der Waals surface area contributed by atoms with Gasteiger partial charge in [-0.2, -0.15) is 0 Å². The molecule has 4 rings (SSSR count). The number of pyridine rings is 1. The fraction of sp³-hybridized carbons (Fsp3) is 0.320. The van der Waals surface area contributed by atoms with Crippen molar-refractivity contribution >= 4 is 29.1 Å². The Morgan fingerprint density at radius 1 is 1.14 bits per heavy atom. The smallest absolute Gasteiger partial charge is 0.357 e. The van der Waals surface area contributed by atoms with E-state index < -0.39 is 5.97 Å². The molecule has 2 aromatic heterocycles. The van der Waals surface area contributed by atoms with Crippen molar-refractivity contribution in [1.29, 1.82) is 0 Å². The number of carbonyl (C=O) groups is 2. The molecule has 1 fully saturated rings. The van der Waals surface area contributed by atoms with E-state index in [1.165, 1.54) is 0 Å². The zero-order valence-electron chi connectivity index (χ0n) is 19.7. The number of nitrogens with one attached hydrogen (secondary N) is 2. The summed E-state index contributed by atoms with van der Waals surface area (Å²) in [5, 5.41) is 23.8. The van der Waals surface area contributed by atoms with Crippen molar-refractivity contribution in [2.45, 2.75) is 39.4 Å². The van der Waals surface area contributed by atoms with E-state index >= 15 is 0 Å². The highest BCUT2D eigenvalue weighted by Gasteiger charge is 2.30. The molecule has 1 amide bonds. The quantitative estimate of drug-likeness (QED) is 0.394. The van der Waals surface area contributed by atoms with Crippen LogP contribution in [-0.2, 0) is 16.1 Å². The van der Waals surface area contributed by atoms with Crippen LogP contribution >= 0.6 is 0 Å². The van der Waals surface area contributed by atoms with E-state index in [9.17, 15) is 14.7 Å². The lowest BCUT2D eigenvalue weighted by Crippen LogP contribution is -2.15. The van der Waals surface area contributed by atoms with Gasteiger partial charge in [-0.05, 0) is 38.8 Å². The zero-order chi connectivity index (χ0) is 24.9. The number of aliphatic hydroxyl groups excluding tert-OH is 1. The summed E-state index contributed by atoms with van der Waals surface area (Å²) >= 11 is 0. The lowest BCUT2D eigenvalue weighted by atomic mass is 10.0. The second-order valence-corrected chi connectivity index (χ2v) is 8.41. The minimum Gasteiger partial charge on any atom is -0.494 e. The predicted octanol–water partition coefficient (Wildman–Crippen LogP) is 3.70. The lowest BCUT2D eigenvalue weighted by molar-refractivity contribution is -0.117. The van der Waals surface area contributed by atoms with Crippen LogP contribution in [0.25, 0.3) is 11.1 Å². The molecule has 35 heavy (non-hydrogen) atoms. The lowest BCUT2D eigenvalue weighted by Gasteiger charge is -2.17. The fourth-order valence-electron chi connectivity index (χ4n) is 3.45. The Bertz CT molecular complexity index is 1230. The molecule has 1 aliphatic carbocycles. The molecule has 1 aromatic carbocycles. The van der Waals surface area contributed by atoms with E-state index in [4.69, 9.17) is 9.47 Å². The second-order valence-electron chi connectivity index (χ2n) is 8.41. The van der Waals surface area contributed by atoms with Gasteiger partial charge in [0.1, 0.15) is 17.1 Å². The molecule has 3 aromatic rings. The fourth-order valence-corrected chi connectivity index (χ4v) is 3.45. The summed E-state index contributed by atoms with van der Waals surface area (Å²) in [6, 6.07) is 10.5. The van der Waals surface area contributed by atoms with E-state index in [0.29, 0.717) is 28.6 Å². The van der Waals surface area contributed by atoms with Gasteiger partial charge in [-0.3, -0.25) is 4.79 Å². The Kier molecular flexibility index (Phi) is 7.21. The molecule has 0 atom stereocenters. The molecule has 0 saturated heterocycles. The Balaban J connectivity index is 1.61. The van der Waals surface area contributed by atoms with Gasteiger partial charge < -0.3 is 25.2 Å². The normalized spacial score (nSPS) is 12.8. The number of aliphatic hydroxyl groups is 1. The maximum atomic E-state index is 12.1. The van der Waals surface area contributed by atoms with Gasteiger partial charge in [-0.15, -0.1) is 10.2 Å². The third-order valence-electron chi connectivity index (χ3n) is 5.33. The first kappa shape index (κ1) is 24.1. The van der Waals surface area contributed by atoms with Gasteiger partial charge in [0.05, 0.1) is 31.2 Å². The largest absolute Gasteiger partial charge is 0.494 e. The second kappa shape index (κ2) is 10.5. The molecule has 0 bridgehead atoms. The van der Waals surface area contributed by atoms with Crippen molar-refractivity contribution in [3.63, 3.8) is 0 Å². The van der Waals surface area contributed by atoms with Crippen molar-refractivity contribution in [3.8, 4) is 16.9 Å². The SMILES string of the molecule is COc1c(Nc2cc(NC(=O)C3CC3)nnc2CO)cccc1-c1ccc(C(=O)OC(C)C)nc1. The Morgan fingerprint density at radius 3 is 2.57 bits per heavy atom. The summed E-state index contributed by atoms with van der Waals surface area (Å²) in [4.78, 5) is 28.5. The van der Waals surface area contributed by atoms with E-state index in [1.807, 2.05) is 18.2 Å². The summed E-state index contributed by atoms with van der Waals surface area (Å²) in [6.07, 6.45) is 3.09. The van der Waals surface area contributed by atoms with Crippen LogP contribution in [0.5, 0.6) is 5.75 Å². The number of esters is 1. The van der Waals surface area contributed by atoms with Crippen LogP contribution in [0, 0.1) is 5.92 Å². The number of benzene rings is 1. The third kappa shape index (κ3) is 5.72. The number of methoxy groups -OCH3 is 1. The molecule has 0 spiro atoms. The van der Waals surface area contributed by atoms with Crippen LogP contribution in [0.1, 0.15) is 42.9 Å². The topological polar surface area (TPSA) is 136 Å². The molecular formula is C25H27N5O5. The van der Waals surface area contributed by atoms with Crippen molar-refractivity contribution < 1.29 is 24.2 Å². The number of para-hydroxylation sites is 1. The van der Waals surface area contributed by atoms with E-state index in [0.717, 1.165) is 24.0 Å². The molecule has 10 nitrogen and oxygen atoms in total. The Morgan fingerprint density at radius 2 is 1.94 bits per heavy atom. The van der Waals surface area contributed by atoms with Crippen LogP contribution in [0.15, 0.2) is 42.6 Å². The number of carbonyl (C=O) groups excluding carboxylic acids is 2. The highest BCUT2D eigenvalue weighted by atomic mass is 16.5. The van der Waals surface area contributed by atoms with Crippen molar-refractivity contribution in [2.24, 2.45) is 5.92 Å². The van der Waals surface area contributed by atoms with Crippen LogP contribution in [0.2, 0.25) is 0 Å². The molecule has 0 unspecified atom stereocenters. The summed E-state index contributed by atoms with van der Waals surface area (Å²) in [5.74, 6) is 0.269. The van der Waals surface area contributed by atoms with Gasteiger partial charge in [-0.1, -0.05) is 18.2 Å². The van der Waals surface area contributed by atoms with Crippen LogP contribution in [0.3, 0.4) is 0 Å². The number of ether oxygens (including phenoxy) is 2. The van der Waals surface area contributed by atoms with Crippen molar-refractivity contribution in [1.82, 2.24) is 15.2 Å². The number of anilines is 3. The minimum absolute atomic E-state index is 0.0229. The van der Waals surface area contributed by atoms with E-state index in [1.54, 1.807) is 45.4 Å². The third-order valence-corrected chi connectivity index (χ3v) is 5.33. The summed E-state index contributed by atoms with van der Waals surface area (Å²) < 4.78 is 10.9. The number of nitrogens with zero attached hydrogens (tertiary/aromatic N) is 3. The predicted molar refractivity (Wildman–Crippen MR) is 129 cm³/mol. The maximum absolute atomic E-state index is 12.1. The molecule has 1 saturated carbocycles. The van der Waals surface area contributed by atoms with Crippen LogP contribution in [-0.4, -0.2) is 45.4 Å². The number of amides is 1. The number of hydrogen-bond acceptors (Lipinski definition) is 9. The Labute approximate surface area is 202 Å².